The van der Waals surface area contributed by atoms with Crippen molar-refractivity contribution in [2.75, 3.05) is 32.4 Å². The van der Waals surface area contributed by atoms with E-state index in [0.29, 0.717) is 24.3 Å². The molecule has 0 aromatic carbocycles. The van der Waals surface area contributed by atoms with Gasteiger partial charge in [0.25, 0.3) is 5.91 Å². The van der Waals surface area contributed by atoms with Crippen LogP contribution < -0.4 is 5.73 Å². The van der Waals surface area contributed by atoms with Crippen LogP contribution >= 0.6 is 0 Å². The number of aromatic nitrogens is 2. The molecule has 0 aliphatic carbocycles. The number of aromatic amines is 1. The van der Waals surface area contributed by atoms with Crippen molar-refractivity contribution in [3.05, 3.63) is 11.3 Å². The van der Waals surface area contributed by atoms with Gasteiger partial charge in [-0.15, -0.1) is 0 Å². The van der Waals surface area contributed by atoms with E-state index < -0.39 is 0 Å². The molecule has 1 aromatic heterocycles. The number of amides is 2. The van der Waals surface area contributed by atoms with Crippen LogP contribution in [0.5, 0.6) is 0 Å². The largest absolute Gasteiger partial charge is 0.382 e. The molecule has 7 nitrogen and oxygen atoms in total. The lowest BCUT2D eigenvalue weighted by Crippen LogP contribution is -2.50. The van der Waals surface area contributed by atoms with Crippen molar-refractivity contribution in [2.45, 2.75) is 6.92 Å². The summed E-state index contributed by atoms with van der Waals surface area (Å²) in [6.07, 6.45) is 0. The van der Waals surface area contributed by atoms with Crippen molar-refractivity contribution in [1.82, 2.24) is 20.0 Å². The van der Waals surface area contributed by atoms with E-state index in [1.54, 1.807) is 18.9 Å². The van der Waals surface area contributed by atoms with E-state index in [4.69, 9.17) is 5.73 Å². The first-order chi connectivity index (χ1) is 8.00. The van der Waals surface area contributed by atoms with E-state index >= 15 is 0 Å². The van der Waals surface area contributed by atoms with Crippen LogP contribution in [0.4, 0.5) is 5.82 Å². The topological polar surface area (TPSA) is 95.3 Å². The first kappa shape index (κ1) is 11.4. The number of nitrogens with two attached hydrogens (primary N) is 1. The third kappa shape index (κ3) is 1.95. The molecule has 1 fully saturated rings. The summed E-state index contributed by atoms with van der Waals surface area (Å²) < 4.78 is 0. The van der Waals surface area contributed by atoms with Gasteiger partial charge in [-0.05, 0) is 6.92 Å². The van der Waals surface area contributed by atoms with Crippen LogP contribution in [-0.4, -0.2) is 58.5 Å². The van der Waals surface area contributed by atoms with Crippen LogP contribution in [-0.2, 0) is 4.79 Å². The standard InChI is InChI=1S/C10H15N5O2/c1-6-8(9(11)13-12-6)10(17)15-4-3-14(2)7(16)5-15/h3-5H2,1-2H3,(H3,11,12,13). The van der Waals surface area contributed by atoms with Gasteiger partial charge in [-0.25, -0.2) is 0 Å². The first-order valence-corrected chi connectivity index (χ1v) is 5.34. The highest BCUT2D eigenvalue weighted by Gasteiger charge is 2.28. The molecular formula is C10H15N5O2. The number of nitrogens with zero attached hydrogens (tertiary/aromatic N) is 3. The zero-order valence-corrected chi connectivity index (χ0v) is 9.86. The summed E-state index contributed by atoms with van der Waals surface area (Å²) >= 11 is 0. The summed E-state index contributed by atoms with van der Waals surface area (Å²) in [5.41, 5.74) is 6.61. The van der Waals surface area contributed by atoms with Gasteiger partial charge < -0.3 is 15.5 Å². The fraction of sp³-hybridized carbons (Fsp3) is 0.500. The SMILES string of the molecule is Cc1[nH]nc(N)c1C(=O)N1CCN(C)C(=O)C1. The summed E-state index contributed by atoms with van der Waals surface area (Å²) in [5, 5.41) is 6.44. The second-order valence-corrected chi connectivity index (χ2v) is 4.15. The van der Waals surface area contributed by atoms with Crippen LogP contribution in [0, 0.1) is 6.92 Å². The lowest BCUT2D eigenvalue weighted by Gasteiger charge is -2.31. The summed E-state index contributed by atoms with van der Waals surface area (Å²) in [5.74, 6) is -0.126. The monoisotopic (exact) mass is 237 g/mol. The number of piperazine rings is 1. The molecule has 0 bridgehead atoms. The Bertz CT molecular complexity index is 448. The smallest absolute Gasteiger partial charge is 0.260 e. The number of carbonyl (C=O) groups excluding carboxylic acids is 2. The number of hydrogen-bond acceptors (Lipinski definition) is 4. The molecule has 0 atom stereocenters. The fourth-order valence-corrected chi connectivity index (χ4v) is 1.81. The van der Waals surface area contributed by atoms with Gasteiger partial charge in [0.1, 0.15) is 12.1 Å². The molecule has 1 aliphatic heterocycles. The zero-order chi connectivity index (χ0) is 12.6. The lowest BCUT2D eigenvalue weighted by atomic mass is 10.2. The second kappa shape index (κ2) is 4.08. The Morgan fingerprint density at radius 1 is 1.47 bits per heavy atom. The van der Waals surface area contributed by atoms with Crippen molar-refractivity contribution < 1.29 is 9.59 Å². The van der Waals surface area contributed by atoms with Crippen LogP contribution in [0.15, 0.2) is 0 Å². The highest BCUT2D eigenvalue weighted by molar-refractivity contribution is 6.01. The van der Waals surface area contributed by atoms with Gasteiger partial charge >= 0.3 is 0 Å². The van der Waals surface area contributed by atoms with E-state index in [1.165, 1.54) is 4.90 Å². The summed E-state index contributed by atoms with van der Waals surface area (Å²) in [7, 11) is 1.72. The number of H-pyrrole nitrogens is 1. The van der Waals surface area contributed by atoms with Gasteiger partial charge in [0, 0.05) is 25.8 Å². The van der Waals surface area contributed by atoms with Crippen LogP contribution in [0.2, 0.25) is 0 Å². The van der Waals surface area contributed by atoms with E-state index in [2.05, 4.69) is 10.2 Å². The van der Waals surface area contributed by atoms with Crippen LogP contribution in [0.3, 0.4) is 0 Å². The van der Waals surface area contributed by atoms with Gasteiger partial charge in [0.05, 0.1) is 0 Å². The Labute approximate surface area is 98.6 Å². The maximum atomic E-state index is 12.2. The van der Waals surface area contributed by atoms with Crippen molar-refractivity contribution in [3.63, 3.8) is 0 Å². The Morgan fingerprint density at radius 3 is 2.71 bits per heavy atom. The number of rotatable bonds is 1. The summed E-state index contributed by atoms with van der Waals surface area (Å²) in [6.45, 7) is 2.89. The third-order valence-electron chi connectivity index (χ3n) is 2.93. The number of aryl methyl sites for hydroxylation is 1. The molecule has 2 rings (SSSR count). The molecule has 2 amide bonds. The van der Waals surface area contributed by atoms with Crippen LogP contribution in [0.1, 0.15) is 16.1 Å². The van der Waals surface area contributed by atoms with E-state index in [0.717, 1.165) is 0 Å². The molecule has 3 N–H and O–H groups in total. The second-order valence-electron chi connectivity index (χ2n) is 4.15. The number of nitrogens with one attached hydrogen (secondary N) is 1. The Balaban J connectivity index is 2.19. The summed E-state index contributed by atoms with van der Waals surface area (Å²) in [4.78, 5) is 26.8. The Hall–Kier alpha value is -2.05. The summed E-state index contributed by atoms with van der Waals surface area (Å²) in [6, 6.07) is 0. The highest BCUT2D eigenvalue weighted by atomic mass is 16.2. The maximum Gasteiger partial charge on any atom is 0.260 e. The minimum atomic E-state index is -0.241. The van der Waals surface area contributed by atoms with Crippen LogP contribution in [0.25, 0.3) is 0 Å². The normalized spacial score (nSPS) is 16.5. The van der Waals surface area contributed by atoms with E-state index in [9.17, 15) is 9.59 Å². The maximum absolute atomic E-state index is 12.2. The minimum absolute atomic E-state index is 0.0654. The first-order valence-electron chi connectivity index (χ1n) is 5.34. The molecule has 0 saturated carbocycles. The van der Waals surface area contributed by atoms with Crippen molar-refractivity contribution >= 4 is 17.6 Å². The van der Waals surface area contributed by atoms with Gasteiger partial charge in [-0.1, -0.05) is 0 Å². The predicted molar refractivity (Wildman–Crippen MR) is 61.3 cm³/mol. The molecule has 17 heavy (non-hydrogen) atoms. The number of carbonyl (C=O) groups is 2. The van der Waals surface area contributed by atoms with E-state index in [1.807, 2.05) is 0 Å². The molecule has 92 valence electrons. The van der Waals surface area contributed by atoms with Gasteiger partial charge in [0.2, 0.25) is 5.91 Å². The number of anilines is 1. The average Bonchev–Trinajstić information content (AvgIpc) is 2.62. The average molecular weight is 237 g/mol. The molecule has 1 aliphatic rings. The van der Waals surface area contributed by atoms with Crippen molar-refractivity contribution in [3.8, 4) is 0 Å². The number of hydrogen-bond donors (Lipinski definition) is 2. The Morgan fingerprint density at radius 2 is 2.18 bits per heavy atom. The molecule has 0 spiro atoms. The minimum Gasteiger partial charge on any atom is -0.382 e. The quantitative estimate of drug-likeness (QED) is 0.669. The fourth-order valence-electron chi connectivity index (χ4n) is 1.81. The highest BCUT2D eigenvalue weighted by Crippen LogP contribution is 2.16. The third-order valence-corrected chi connectivity index (χ3v) is 2.93. The molecule has 2 heterocycles. The molecule has 1 aromatic rings. The molecule has 0 radical (unpaired) electrons. The number of likely N-dealkylation sites (N-methyl/N-ethyl adjacent to an activating group) is 1. The van der Waals surface area contributed by atoms with E-state index in [-0.39, 0.29) is 24.2 Å². The number of nitrogen functional groups attached to an aromatic ring is 1. The predicted octanol–water partition coefficient (Wildman–Crippen LogP) is -0.785. The molecular weight excluding hydrogens is 222 g/mol. The Kier molecular flexibility index (Phi) is 2.74. The lowest BCUT2D eigenvalue weighted by molar-refractivity contribution is -0.133. The molecule has 7 heteroatoms. The van der Waals surface area contributed by atoms with Gasteiger partial charge in [-0.2, -0.15) is 5.10 Å². The zero-order valence-electron chi connectivity index (χ0n) is 9.86. The molecule has 1 saturated heterocycles. The van der Waals surface area contributed by atoms with Gasteiger partial charge in [0.15, 0.2) is 5.82 Å². The van der Waals surface area contributed by atoms with Gasteiger partial charge in [-0.3, -0.25) is 14.7 Å². The molecule has 0 unspecified atom stereocenters. The van der Waals surface area contributed by atoms with Crippen molar-refractivity contribution in [2.24, 2.45) is 0 Å². The van der Waals surface area contributed by atoms with Crippen molar-refractivity contribution in [1.29, 1.82) is 0 Å².